The van der Waals surface area contributed by atoms with Crippen molar-refractivity contribution in [1.82, 2.24) is 0 Å². The third-order valence-electron chi connectivity index (χ3n) is 1.71. The first-order chi connectivity index (χ1) is 8.49. The number of carbonyl (C=O) groups excluding carboxylic acids is 1. The minimum Gasteiger partial charge on any atom is -0.483 e. The molecule has 18 heavy (non-hydrogen) atoms. The Hall–Kier alpha value is -2.09. The maximum absolute atomic E-state index is 10.7. The fraction of sp³-hybridized carbons (Fsp3) is 0.100. The van der Waals surface area contributed by atoms with Crippen LogP contribution in [0.25, 0.3) is 0 Å². The fourth-order valence-electron chi connectivity index (χ4n) is 1.06. The Kier molecular flexibility index (Phi) is 5.12. The number of primary amides is 1. The number of nitrogens with two attached hydrogens (primary N) is 3. The first-order valence-corrected chi connectivity index (χ1v) is 5.61. The Bertz CT molecular complexity index is 497. The van der Waals surface area contributed by atoms with Gasteiger partial charge in [0.1, 0.15) is 5.75 Å². The van der Waals surface area contributed by atoms with Crippen LogP contribution in [0.5, 0.6) is 5.75 Å². The van der Waals surface area contributed by atoms with E-state index in [0.29, 0.717) is 11.3 Å². The average Bonchev–Trinajstić information content (AvgIpc) is 2.27. The zero-order valence-corrected chi connectivity index (χ0v) is 10.9. The zero-order chi connectivity index (χ0) is 13.5. The minimum atomic E-state index is -0.565. The van der Waals surface area contributed by atoms with Crippen molar-refractivity contribution in [3.63, 3.8) is 0 Å². The normalized spacial score (nSPS) is 10.3. The van der Waals surface area contributed by atoms with Gasteiger partial charge in [-0.2, -0.15) is 5.10 Å². The molecule has 96 valence electrons. The molecule has 0 radical (unpaired) electrons. The molecule has 1 aromatic carbocycles. The van der Waals surface area contributed by atoms with Crippen molar-refractivity contribution < 1.29 is 9.53 Å². The molecule has 0 aromatic heterocycles. The number of halogens is 1. The van der Waals surface area contributed by atoms with E-state index in [1.54, 1.807) is 18.2 Å². The second kappa shape index (κ2) is 6.60. The zero-order valence-electron chi connectivity index (χ0n) is 9.34. The Morgan fingerprint density at radius 3 is 2.72 bits per heavy atom. The van der Waals surface area contributed by atoms with Gasteiger partial charge in [-0.25, -0.2) is 0 Å². The van der Waals surface area contributed by atoms with Crippen LogP contribution in [0.3, 0.4) is 0 Å². The third-order valence-corrected chi connectivity index (χ3v) is 2.21. The Balaban J connectivity index is 2.92. The maximum Gasteiger partial charge on any atom is 0.255 e. The second-order valence-electron chi connectivity index (χ2n) is 3.21. The predicted molar refractivity (Wildman–Crippen MR) is 72.2 cm³/mol. The summed E-state index contributed by atoms with van der Waals surface area (Å²) >= 11 is 3.30. The molecule has 0 unspecified atom stereocenters. The molecule has 0 atom stereocenters. The van der Waals surface area contributed by atoms with Crippen LogP contribution >= 0.6 is 15.9 Å². The van der Waals surface area contributed by atoms with Gasteiger partial charge in [-0.05, 0) is 18.2 Å². The molecule has 7 nitrogen and oxygen atoms in total. The quantitative estimate of drug-likeness (QED) is 0.399. The first kappa shape index (κ1) is 14.0. The number of hydrogen-bond donors (Lipinski definition) is 3. The van der Waals surface area contributed by atoms with Crippen LogP contribution in [0.15, 0.2) is 32.9 Å². The number of guanidine groups is 1. The Morgan fingerprint density at radius 1 is 1.39 bits per heavy atom. The van der Waals surface area contributed by atoms with E-state index in [1.165, 1.54) is 6.21 Å². The lowest BCUT2D eigenvalue weighted by atomic mass is 10.2. The van der Waals surface area contributed by atoms with Crippen molar-refractivity contribution in [1.29, 1.82) is 0 Å². The van der Waals surface area contributed by atoms with Crippen molar-refractivity contribution in [2.24, 2.45) is 27.4 Å². The highest BCUT2D eigenvalue weighted by atomic mass is 79.9. The molecule has 0 heterocycles. The average molecular weight is 314 g/mol. The summed E-state index contributed by atoms with van der Waals surface area (Å²) < 4.78 is 6.03. The Morgan fingerprint density at radius 2 is 2.11 bits per heavy atom. The molecule has 0 saturated carbocycles. The number of hydrogen-bond acceptors (Lipinski definition) is 4. The van der Waals surface area contributed by atoms with Crippen molar-refractivity contribution in [2.75, 3.05) is 6.61 Å². The van der Waals surface area contributed by atoms with Crippen LogP contribution in [-0.4, -0.2) is 24.7 Å². The molecular weight excluding hydrogens is 302 g/mol. The second-order valence-corrected chi connectivity index (χ2v) is 4.12. The van der Waals surface area contributed by atoms with Crippen LogP contribution in [0, 0.1) is 0 Å². The molecule has 0 bridgehead atoms. The molecule has 1 aromatic rings. The molecular formula is C10H12BrN5O2. The van der Waals surface area contributed by atoms with Gasteiger partial charge in [-0.3, -0.25) is 4.79 Å². The van der Waals surface area contributed by atoms with Crippen LogP contribution in [0.4, 0.5) is 0 Å². The summed E-state index contributed by atoms with van der Waals surface area (Å²) in [7, 11) is 0. The van der Waals surface area contributed by atoms with E-state index in [2.05, 4.69) is 26.1 Å². The topological polar surface area (TPSA) is 129 Å². The van der Waals surface area contributed by atoms with Crippen LogP contribution in [0.1, 0.15) is 5.56 Å². The summed E-state index contributed by atoms with van der Waals surface area (Å²) in [6, 6.07) is 5.17. The van der Waals surface area contributed by atoms with E-state index in [1.807, 2.05) is 0 Å². The molecule has 0 spiro atoms. The standard InChI is InChI=1S/C10H12BrN5O2/c11-7-1-2-8(18-5-9(12)17)6(3-7)4-15-16-10(13)14/h1-4H,5H2,(H2,12,17)(H4,13,14,16). The summed E-state index contributed by atoms with van der Waals surface area (Å²) in [5, 5.41) is 7.13. The van der Waals surface area contributed by atoms with Gasteiger partial charge >= 0.3 is 0 Å². The van der Waals surface area contributed by atoms with E-state index in [4.69, 9.17) is 21.9 Å². The smallest absolute Gasteiger partial charge is 0.255 e. The number of rotatable bonds is 5. The highest BCUT2D eigenvalue weighted by molar-refractivity contribution is 9.10. The summed E-state index contributed by atoms with van der Waals surface area (Å²) in [5.41, 5.74) is 15.9. The molecule has 6 N–H and O–H groups in total. The van der Waals surface area contributed by atoms with Crippen molar-refractivity contribution in [2.45, 2.75) is 0 Å². The van der Waals surface area contributed by atoms with Crippen LogP contribution < -0.4 is 21.9 Å². The van der Waals surface area contributed by atoms with Gasteiger partial charge in [-0.15, -0.1) is 5.10 Å². The highest BCUT2D eigenvalue weighted by Gasteiger charge is 2.04. The molecule has 0 aliphatic heterocycles. The summed E-state index contributed by atoms with van der Waals surface area (Å²) in [4.78, 5) is 10.7. The minimum absolute atomic E-state index is 0.152. The molecule has 0 saturated heterocycles. The van der Waals surface area contributed by atoms with E-state index in [-0.39, 0.29) is 12.6 Å². The van der Waals surface area contributed by atoms with Gasteiger partial charge in [0, 0.05) is 10.0 Å². The first-order valence-electron chi connectivity index (χ1n) is 4.81. The van der Waals surface area contributed by atoms with Gasteiger partial charge in [0.25, 0.3) is 5.91 Å². The molecule has 0 aliphatic carbocycles. The fourth-order valence-corrected chi connectivity index (χ4v) is 1.44. The summed E-state index contributed by atoms with van der Waals surface area (Å²) in [6.45, 7) is -0.217. The van der Waals surface area contributed by atoms with E-state index >= 15 is 0 Å². The molecule has 1 rings (SSSR count). The van der Waals surface area contributed by atoms with Gasteiger partial charge in [-0.1, -0.05) is 15.9 Å². The van der Waals surface area contributed by atoms with Gasteiger partial charge in [0.2, 0.25) is 5.96 Å². The van der Waals surface area contributed by atoms with Crippen LogP contribution in [0.2, 0.25) is 0 Å². The molecule has 1 amide bonds. The monoisotopic (exact) mass is 313 g/mol. The summed E-state index contributed by atoms with van der Waals surface area (Å²) in [5.74, 6) is -0.266. The van der Waals surface area contributed by atoms with E-state index in [9.17, 15) is 4.79 Å². The largest absolute Gasteiger partial charge is 0.483 e. The van der Waals surface area contributed by atoms with Gasteiger partial charge < -0.3 is 21.9 Å². The van der Waals surface area contributed by atoms with Crippen LogP contribution in [-0.2, 0) is 4.79 Å². The SMILES string of the molecule is NC(=O)COc1ccc(Br)cc1C=NN=C(N)N. The third kappa shape index (κ3) is 4.83. The maximum atomic E-state index is 10.7. The number of ether oxygens (including phenoxy) is 1. The van der Waals surface area contributed by atoms with Crippen molar-refractivity contribution >= 4 is 34.0 Å². The number of nitrogens with zero attached hydrogens (tertiary/aromatic N) is 2. The Labute approximate surface area is 112 Å². The number of amides is 1. The predicted octanol–water partition coefficient (Wildman–Crippen LogP) is -0.0795. The van der Waals surface area contributed by atoms with E-state index < -0.39 is 5.91 Å². The van der Waals surface area contributed by atoms with Crippen molar-refractivity contribution in [3.8, 4) is 5.75 Å². The lowest BCUT2D eigenvalue weighted by molar-refractivity contribution is -0.119. The molecule has 8 heteroatoms. The summed E-state index contributed by atoms with van der Waals surface area (Å²) in [6.07, 6.45) is 1.40. The van der Waals surface area contributed by atoms with E-state index in [0.717, 1.165) is 4.47 Å². The number of carbonyl (C=O) groups is 1. The lowest BCUT2D eigenvalue weighted by Gasteiger charge is -2.07. The van der Waals surface area contributed by atoms with Crippen molar-refractivity contribution in [3.05, 3.63) is 28.2 Å². The van der Waals surface area contributed by atoms with Gasteiger partial charge in [0.05, 0.1) is 6.21 Å². The lowest BCUT2D eigenvalue weighted by Crippen LogP contribution is -2.21. The highest BCUT2D eigenvalue weighted by Crippen LogP contribution is 2.21. The van der Waals surface area contributed by atoms with Gasteiger partial charge in [0.15, 0.2) is 6.61 Å². The molecule has 0 fully saturated rings. The molecule has 0 aliphatic rings. The number of benzene rings is 1.